The lowest BCUT2D eigenvalue weighted by atomic mass is 9.76. The molecule has 1 aliphatic carbocycles. The normalized spacial score (nSPS) is 21.6. The van der Waals surface area contributed by atoms with Crippen LogP contribution in [0.1, 0.15) is 45.1 Å². The van der Waals surface area contributed by atoms with Crippen molar-refractivity contribution in [1.82, 2.24) is 0 Å². The van der Waals surface area contributed by atoms with Gasteiger partial charge in [0.15, 0.2) is 0 Å². The molecule has 0 aliphatic heterocycles. The molecule has 1 aliphatic rings. The van der Waals surface area contributed by atoms with Crippen LogP contribution in [0.3, 0.4) is 0 Å². The minimum Gasteiger partial charge on any atom is -0.481 e. The van der Waals surface area contributed by atoms with E-state index in [4.69, 9.17) is 5.11 Å². The summed E-state index contributed by atoms with van der Waals surface area (Å²) in [5.41, 5.74) is 1.28. The fourth-order valence-corrected chi connectivity index (χ4v) is 3.24. The summed E-state index contributed by atoms with van der Waals surface area (Å²) in [4.78, 5) is 23.3. The fourth-order valence-electron chi connectivity index (χ4n) is 3.24. The maximum Gasteiger partial charge on any atom is 0.307 e. The number of para-hydroxylation sites is 1. The Morgan fingerprint density at radius 1 is 1.18 bits per heavy atom. The van der Waals surface area contributed by atoms with E-state index in [1.165, 1.54) is 0 Å². The zero-order valence-corrected chi connectivity index (χ0v) is 13.3. The van der Waals surface area contributed by atoms with E-state index >= 15 is 0 Å². The molecule has 0 aromatic heterocycles. The van der Waals surface area contributed by atoms with Crippen molar-refractivity contribution < 1.29 is 14.7 Å². The number of carbonyl (C=O) groups is 2. The minimum absolute atomic E-state index is 0.0278. The summed E-state index contributed by atoms with van der Waals surface area (Å²) < 4.78 is 0. The number of hydrogen-bond acceptors (Lipinski definition) is 2. The van der Waals surface area contributed by atoms with Crippen molar-refractivity contribution in [2.45, 2.75) is 46.0 Å². The van der Waals surface area contributed by atoms with Gasteiger partial charge in [0.1, 0.15) is 0 Å². The average Bonchev–Trinajstić information content (AvgIpc) is 2.48. The molecule has 0 heterocycles. The molecule has 0 spiro atoms. The second kappa shape index (κ2) is 7.43. The summed E-state index contributed by atoms with van der Waals surface area (Å²) in [5.74, 6) is 0.593. The lowest BCUT2D eigenvalue weighted by Crippen LogP contribution is -2.28. The Labute approximate surface area is 131 Å². The number of hydrogen-bond donors (Lipinski definition) is 2. The first-order valence-electron chi connectivity index (χ1n) is 8.08. The van der Waals surface area contributed by atoms with Crippen LogP contribution in [-0.2, 0) is 16.0 Å². The predicted octanol–water partition coefficient (Wildman–Crippen LogP) is 3.71. The predicted molar refractivity (Wildman–Crippen MR) is 86.7 cm³/mol. The van der Waals surface area contributed by atoms with E-state index in [1.54, 1.807) is 18.2 Å². The fraction of sp³-hybridized carbons (Fsp3) is 0.556. The molecule has 0 bridgehead atoms. The van der Waals surface area contributed by atoms with Crippen LogP contribution in [0.5, 0.6) is 0 Å². The van der Waals surface area contributed by atoms with E-state index in [1.807, 2.05) is 6.07 Å². The summed E-state index contributed by atoms with van der Waals surface area (Å²) in [6.07, 6.45) is 3.99. The number of nitrogens with one attached hydrogen (secondary N) is 1. The molecule has 2 N–H and O–H groups in total. The highest BCUT2D eigenvalue weighted by atomic mass is 16.4. The van der Waals surface area contributed by atoms with Crippen molar-refractivity contribution in [3.63, 3.8) is 0 Å². The lowest BCUT2D eigenvalue weighted by molar-refractivity contribution is -0.136. The van der Waals surface area contributed by atoms with Crippen LogP contribution < -0.4 is 5.32 Å². The number of carbonyl (C=O) groups excluding carboxylic acids is 1. The summed E-state index contributed by atoms with van der Waals surface area (Å²) in [6, 6.07) is 7.13. The molecule has 2 rings (SSSR count). The van der Waals surface area contributed by atoms with Crippen LogP contribution in [-0.4, -0.2) is 17.0 Å². The molecule has 1 saturated carbocycles. The van der Waals surface area contributed by atoms with Crippen molar-refractivity contribution in [3.8, 4) is 0 Å². The average molecular weight is 303 g/mol. The Morgan fingerprint density at radius 3 is 2.41 bits per heavy atom. The van der Waals surface area contributed by atoms with Crippen molar-refractivity contribution in [3.05, 3.63) is 29.8 Å². The van der Waals surface area contributed by atoms with Gasteiger partial charge in [0.25, 0.3) is 0 Å². The number of carboxylic acids is 1. The molecule has 0 unspecified atom stereocenters. The highest BCUT2D eigenvalue weighted by Crippen LogP contribution is 2.34. The van der Waals surface area contributed by atoms with E-state index in [0.717, 1.165) is 31.6 Å². The zero-order valence-electron chi connectivity index (χ0n) is 13.3. The SMILES string of the molecule is CC(C)C1CCC(C(=O)Nc2ccccc2CC(=O)O)CC1. The maximum atomic E-state index is 12.4. The molecule has 0 saturated heterocycles. The van der Waals surface area contributed by atoms with E-state index in [9.17, 15) is 9.59 Å². The summed E-state index contributed by atoms with van der Waals surface area (Å²) >= 11 is 0. The van der Waals surface area contributed by atoms with Gasteiger partial charge in [-0.05, 0) is 49.1 Å². The highest BCUT2D eigenvalue weighted by molar-refractivity contribution is 5.93. The Bertz CT molecular complexity index is 531. The van der Waals surface area contributed by atoms with Gasteiger partial charge >= 0.3 is 5.97 Å². The van der Waals surface area contributed by atoms with Crippen molar-refractivity contribution in [1.29, 1.82) is 0 Å². The van der Waals surface area contributed by atoms with Gasteiger partial charge < -0.3 is 10.4 Å². The van der Waals surface area contributed by atoms with Crippen molar-refractivity contribution in [2.75, 3.05) is 5.32 Å². The number of anilines is 1. The second-order valence-corrected chi connectivity index (χ2v) is 6.57. The van der Waals surface area contributed by atoms with Crippen LogP contribution in [0.4, 0.5) is 5.69 Å². The van der Waals surface area contributed by atoms with Gasteiger partial charge in [-0.15, -0.1) is 0 Å². The Kier molecular flexibility index (Phi) is 5.58. The Hall–Kier alpha value is -1.84. The first-order valence-corrected chi connectivity index (χ1v) is 8.08. The minimum atomic E-state index is -0.890. The van der Waals surface area contributed by atoms with Gasteiger partial charge in [0.05, 0.1) is 6.42 Å². The molecule has 1 aromatic carbocycles. The molecule has 1 aromatic rings. The molecular formula is C18H25NO3. The molecule has 120 valence electrons. The van der Waals surface area contributed by atoms with Crippen molar-refractivity contribution >= 4 is 17.6 Å². The van der Waals surface area contributed by atoms with E-state index in [2.05, 4.69) is 19.2 Å². The summed E-state index contributed by atoms with van der Waals surface area (Å²) in [5, 5.41) is 11.9. The third-order valence-electron chi connectivity index (χ3n) is 4.70. The molecule has 1 fully saturated rings. The monoisotopic (exact) mass is 303 g/mol. The quantitative estimate of drug-likeness (QED) is 0.871. The smallest absolute Gasteiger partial charge is 0.307 e. The van der Waals surface area contributed by atoms with E-state index in [0.29, 0.717) is 17.2 Å². The molecule has 22 heavy (non-hydrogen) atoms. The molecule has 4 heteroatoms. The van der Waals surface area contributed by atoms with Crippen molar-refractivity contribution in [2.24, 2.45) is 17.8 Å². The number of aliphatic carboxylic acids is 1. The topological polar surface area (TPSA) is 66.4 Å². The molecular weight excluding hydrogens is 278 g/mol. The largest absolute Gasteiger partial charge is 0.481 e. The lowest BCUT2D eigenvalue weighted by Gasteiger charge is -2.30. The number of amides is 1. The van der Waals surface area contributed by atoms with E-state index < -0.39 is 5.97 Å². The van der Waals surface area contributed by atoms with Gasteiger partial charge in [-0.3, -0.25) is 9.59 Å². The van der Waals surface area contributed by atoms with Gasteiger partial charge in [0.2, 0.25) is 5.91 Å². The summed E-state index contributed by atoms with van der Waals surface area (Å²) in [6.45, 7) is 4.49. The molecule has 0 radical (unpaired) electrons. The summed E-state index contributed by atoms with van der Waals surface area (Å²) in [7, 11) is 0. The van der Waals surface area contributed by atoms with Crippen LogP contribution in [0, 0.1) is 17.8 Å². The zero-order chi connectivity index (χ0) is 16.1. The van der Waals surface area contributed by atoms with E-state index in [-0.39, 0.29) is 18.2 Å². The maximum absolute atomic E-state index is 12.4. The standard InChI is InChI=1S/C18H25NO3/c1-12(2)13-7-9-14(10-8-13)18(22)19-16-6-4-3-5-15(16)11-17(20)21/h3-6,12-14H,7-11H2,1-2H3,(H,19,22)(H,20,21). The third kappa shape index (κ3) is 4.33. The van der Waals surface area contributed by atoms with Crippen LogP contribution in [0.15, 0.2) is 24.3 Å². The van der Waals surface area contributed by atoms with Gasteiger partial charge in [-0.2, -0.15) is 0 Å². The van der Waals surface area contributed by atoms with Gasteiger partial charge in [-0.25, -0.2) is 0 Å². The number of rotatable bonds is 5. The Morgan fingerprint density at radius 2 is 1.82 bits per heavy atom. The number of carboxylic acid groups (broad SMARTS) is 1. The molecule has 0 atom stereocenters. The molecule has 1 amide bonds. The Balaban J connectivity index is 1.97. The first kappa shape index (κ1) is 16.5. The first-order chi connectivity index (χ1) is 10.5. The third-order valence-corrected chi connectivity index (χ3v) is 4.70. The van der Waals surface area contributed by atoms with Crippen LogP contribution in [0.25, 0.3) is 0 Å². The van der Waals surface area contributed by atoms with Gasteiger partial charge in [0, 0.05) is 11.6 Å². The highest BCUT2D eigenvalue weighted by Gasteiger charge is 2.27. The van der Waals surface area contributed by atoms with Gasteiger partial charge in [-0.1, -0.05) is 32.0 Å². The molecule has 4 nitrogen and oxygen atoms in total. The number of benzene rings is 1. The van der Waals surface area contributed by atoms with Crippen LogP contribution in [0.2, 0.25) is 0 Å². The van der Waals surface area contributed by atoms with Crippen LogP contribution >= 0.6 is 0 Å². The second-order valence-electron chi connectivity index (χ2n) is 6.57.